The highest BCUT2D eigenvalue weighted by atomic mass is 32.3. The Morgan fingerprint density at radius 3 is 2.53 bits per heavy atom. The molecule has 0 amide bonds. The summed E-state index contributed by atoms with van der Waals surface area (Å²) in [4.78, 5) is 12.9. The molecular weight excluding hydrogens is 480 g/mol. The van der Waals surface area contributed by atoms with E-state index in [-0.39, 0.29) is 41.5 Å². The molecule has 8 heteroatoms. The molecule has 36 heavy (non-hydrogen) atoms. The van der Waals surface area contributed by atoms with Crippen molar-refractivity contribution in [1.29, 1.82) is 0 Å². The zero-order valence-corrected chi connectivity index (χ0v) is 23.1. The van der Waals surface area contributed by atoms with Crippen LogP contribution in [0.3, 0.4) is 0 Å². The highest BCUT2D eigenvalue weighted by molar-refractivity contribution is 7.80. The first kappa shape index (κ1) is 27.8. The Bertz CT molecular complexity index is 1000. The molecule has 1 aliphatic heterocycles. The monoisotopic (exact) mass is 524 g/mol. The summed E-state index contributed by atoms with van der Waals surface area (Å²) in [7, 11) is -4.44. The fraction of sp³-hybridized carbons (Fsp3) is 0.821. The number of esters is 1. The Hall–Kier alpha value is -1.22. The van der Waals surface area contributed by atoms with Crippen LogP contribution in [0.1, 0.15) is 85.5 Å². The number of hydrogen-bond donors (Lipinski definition) is 2. The van der Waals surface area contributed by atoms with E-state index in [0.717, 1.165) is 56.9 Å². The maximum atomic E-state index is 12.9. The fourth-order valence-electron chi connectivity index (χ4n) is 8.21. The van der Waals surface area contributed by atoms with Gasteiger partial charge in [0.25, 0.3) is 0 Å². The molecule has 0 radical (unpaired) electrons. The van der Waals surface area contributed by atoms with Gasteiger partial charge < -0.3 is 9.84 Å². The van der Waals surface area contributed by atoms with E-state index in [2.05, 4.69) is 31.5 Å². The third-order valence-electron chi connectivity index (χ3n) is 10.5. The Balaban J connectivity index is 1.44. The van der Waals surface area contributed by atoms with Gasteiger partial charge in [0.05, 0.1) is 12.7 Å². The second kappa shape index (κ2) is 10.2. The average Bonchev–Trinajstić information content (AvgIpc) is 3.10. The largest absolute Gasteiger partial charge is 0.459 e. The van der Waals surface area contributed by atoms with E-state index in [1.54, 1.807) is 0 Å². The van der Waals surface area contributed by atoms with Crippen LogP contribution in [0.2, 0.25) is 0 Å². The zero-order valence-electron chi connectivity index (χ0n) is 22.2. The first-order valence-electron chi connectivity index (χ1n) is 13.6. The Kier molecular flexibility index (Phi) is 7.84. The molecule has 3 unspecified atom stereocenters. The molecule has 0 saturated heterocycles. The van der Waals surface area contributed by atoms with Crippen molar-refractivity contribution >= 4 is 16.4 Å². The lowest BCUT2D eigenvalue weighted by Gasteiger charge is -2.53. The maximum absolute atomic E-state index is 12.9. The minimum Gasteiger partial charge on any atom is -0.459 e. The lowest BCUT2D eigenvalue weighted by Crippen LogP contribution is -2.50. The molecule has 1 heterocycles. The second-order valence-corrected chi connectivity index (χ2v) is 13.7. The summed E-state index contributed by atoms with van der Waals surface area (Å²) < 4.78 is 41.0. The van der Waals surface area contributed by atoms with Gasteiger partial charge in [-0.15, -0.1) is 0 Å². The van der Waals surface area contributed by atoms with Gasteiger partial charge in [-0.05, 0) is 80.5 Å². The number of carbonyl (C=O) groups excluding carboxylic acids is 1. The SMILES string of the molecule is C=C(CC[C@@H](C)[C@H]1CCC2C3=CC(=O)O[C@H]4C[C@H](O)CC[C@]4(C)C3CC[C@@]21C)C(C)COS(=O)(=O)O. The minimum atomic E-state index is -4.44. The van der Waals surface area contributed by atoms with Crippen molar-refractivity contribution in [1.82, 2.24) is 0 Å². The third-order valence-corrected chi connectivity index (χ3v) is 11.0. The van der Waals surface area contributed by atoms with Crippen molar-refractivity contribution in [2.24, 2.45) is 40.4 Å². The lowest BCUT2D eigenvalue weighted by molar-refractivity contribution is -0.159. The van der Waals surface area contributed by atoms with Gasteiger partial charge in [0.15, 0.2) is 0 Å². The van der Waals surface area contributed by atoms with Gasteiger partial charge in [-0.3, -0.25) is 4.55 Å². The molecule has 0 spiro atoms. The van der Waals surface area contributed by atoms with E-state index in [9.17, 15) is 18.3 Å². The van der Waals surface area contributed by atoms with Crippen molar-refractivity contribution in [2.45, 2.75) is 97.7 Å². The Morgan fingerprint density at radius 2 is 1.83 bits per heavy atom. The summed E-state index contributed by atoms with van der Waals surface area (Å²) in [6, 6.07) is 0. The molecule has 7 nitrogen and oxygen atoms in total. The molecule has 9 atom stereocenters. The normalized spacial score (nSPS) is 40.1. The second-order valence-electron chi connectivity index (χ2n) is 12.6. The van der Waals surface area contributed by atoms with Gasteiger partial charge in [-0.2, -0.15) is 8.42 Å². The highest BCUT2D eigenvalue weighted by Gasteiger charge is 2.58. The van der Waals surface area contributed by atoms with E-state index < -0.39 is 10.4 Å². The van der Waals surface area contributed by atoms with Gasteiger partial charge in [0, 0.05) is 23.8 Å². The van der Waals surface area contributed by atoms with Gasteiger partial charge in [-0.1, -0.05) is 45.4 Å². The predicted molar refractivity (Wildman–Crippen MR) is 137 cm³/mol. The lowest BCUT2D eigenvalue weighted by atomic mass is 9.52. The van der Waals surface area contributed by atoms with Crippen molar-refractivity contribution in [3.8, 4) is 0 Å². The van der Waals surface area contributed by atoms with E-state index in [1.165, 1.54) is 5.57 Å². The number of allylic oxidation sites excluding steroid dienone is 1. The quantitative estimate of drug-likeness (QED) is 0.253. The number of aliphatic hydroxyl groups excluding tert-OH is 1. The number of carbonyl (C=O) groups is 1. The van der Waals surface area contributed by atoms with Crippen molar-refractivity contribution in [2.75, 3.05) is 6.61 Å². The molecule has 4 rings (SSSR count). The number of aliphatic hydroxyl groups is 1. The highest BCUT2D eigenvalue weighted by Crippen LogP contribution is 2.65. The molecule has 0 aromatic carbocycles. The molecule has 3 saturated carbocycles. The molecule has 0 bridgehead atoms. The van der Waals surface area contributed by atoms with Crippen LogP contribution in [0.25, 0.3) is 0 Å². The predicted octanol–water partition coefficient (Wildman–Crippen LogP) is 5.26. The zero-order chi connectivity index (χ0) is 26.5. The van der Waals surface area contributed by atoms with E-state index in [4.69, 9.17) is 9.29 Å². The van der Waals surface area contributed by atoms with E-state index >= 15 is 0 Å². The van der Waals surface area contributed by atoms with E-state index in [1.807, 2.05) is 13.0 Å². The van der Waals surface area contributed by atoms with Crippen LogP contribution < -0.4 is 0 Å². The first-order valence-corrected chi connectivity index (χ1v) is 15.0. The van der Waals surface area contributed by atoms with Gasteiger partial charge in [-0.25, -0.2) is 8.98 Å². The molecule has 3 fully saturated rings. The molecule has 204 valence electrons. The Morgan fingerprint density at radius 1 is 1.17 bits per heavy atom. The summed E-state index contributed by atoms with van der Waals surface area (Å²) >= 11 is 0. The number of rotatable bonds is 8. The van der Waals surface area contributed by atoms with Crippen LogP contribution in [-0.2, 0) is 24.1 Å². The smallest absolute Gasteiger partial charge is 0.397 e. The standard InChI is InChI=1S/C28H44O7S/c1-17(19(3)16-34-36(31,32)33)6-7-18(2)22-8-9-23-21-15-26(30)35-25-14-20(29)10-12-28(25,5)24(21)11-13-27(22,23)4/h15,18-20,22-25,29H,1,6-14,16H2,2-5H3,(H,31,32,33)/t18-,19?,20-,22-,23?,24?,25+,27-,28-/m1/s1. The van der Waals surface area contributed by atoms with Gasteiger partial charge in [0.2, 0.25) is 0 Å². The third kappa shape index (κ3) is 5.33. The molecule has 0 aromatic rings. The topological polar surface area (TPSA) is 110 Å². The van der Waals surface area contributed by atoms with Crippen LogP contribution in [0.5, 0.6) is 0 Å². The van der Waals surface area contributed by atoms with Crippen LogP contribution in [-0.4, -0.2) is 42.9 Å². The summed E-state index contributed by atoms with van der Waals surface area (Å²) in [5, 5.41) is 10.3. The van der Waals surface area contributed by atoms with Crippen LogP contribution in [0, 0.1) is 40.4 Å². The Labute approximate surface area is 216 Å². The number of hydrogen-bond acceptors (Lipinski definition) is 6. The minimum absolute atomic E-state index is 0.0995. The first-order chi connectivity index (χ1) is 16.7. The van der Waals surface area contributed by atoms with Crippen molar-refractivity contribution < 1.29 is 31.8 Å². The van der Waals surface area contributed by atoms with Crippen molar-refractivity contribution in [3.63, 3.8) is 0 Å². The summed E-state index contributed by atoms with van der Waals surface area (Å²) in [5.41, 5.74) is 2.25. The number of ether oxygens (including phenoxy) is 1. The van der Waals surface area contributed by atoms with Gasteiger partial charge in [0.1, 0.15) is 6.10 Å². The molecule has 0 aromatic heterocycles. The van der Waals surface area contributed by atoms with Crippen LogP contribution in [0.15, 0.2) is 23.8 Å². The maximum Gasteiger partial charge on any atom is 0.397 e. The molecule has 4 aliphatic rings. The summed E-state index contributed by atoms with van der Waals surface area (Å²) in [6.07, 6.45) is 9.56. The molecular formula is C28H44O7S. The van der Waals surface area contributed by atoms with Crippen LogP contribution in [0.4, 0.5) is 0 Å². The average molecular weight is 525 g/mol. The summed E-state index contributed by atoms with van der Waals surface area (Å²) in [5.74, 6) is 1.32. The van der Waals surface area contributed by atoms with Gasteiger partial charge >= 0.3 is 16.4 Å². The summed E-state index contributed by atoms with van der Waals surface area (Å²) in [6.45, 7) is 12.9. The molecule has 2 N–H and O–H groups in total. The molecule has 3 aliphatic carbocycles. The van der Waals surface area contributed by atoms with Crippen molar-refractivity contribution in [3.05, 3.63) is 23.8 Å². The van der Waals surface area contributed by atoms with E-state index in [0.29, 0.717) is 30.1 Å². The van der Waals surface area contributed by atoms with Crippen LogP contribution >= 0.6 is 0 Å². The fourth-order valence-corrected chi connectivity index (χ4v) is 8.59. The number of fused-ring (bicyclic) bond motifs is 5.